The van der Waals surface area contributed by atoms with Crippen LogP contribution in [0.25, 0.3) is 0 Å². The minimum atomic E-state index is -0.142. The first kappa shape index (κ1) is 20.9. The van der Waals surface area contributed by atoms with E-state index in [1.54, 1.807) is 5.57 Å². The SMILES string of the molecule is COC(=O)[C@@H](C)C1CCC2C3CC[C@@H]4C[C@H](OC(C)=O)CC[C@]4(C)C3=CC[C@@]21C. The summed E-state index contributed by atoms with van der Waals surface area (Å²) in [5, 5.41) is 0. The Hall–Kier alpha value is -1.32. The van der Waals surface area contributed by atoms with Crippen molar-refractivity contribution in [2.24, 2.45) is 40.4 Å². The highest BCUT2D eigenvalue weighted by Gasteiger charge is 2.58. The molecule has 0 radical (unpaired) electrons. The Kier molecular flexibility index (Phi) is 5.36. The number of fused-ring (bicyclic) bond motifs is 5. The number of carbonyl (C=O) groups is 2. The molecular formula is C25H38O4. The Labute approximate surface area is 175 Å². The number of methoxy groups -OCH3 is 1. The van der Waals surface area contributed by atoms with Gasteiger partial charge >= 0.3 is 11.9 Å². The molecule has 4 aliphatic carbocycles. The lowest BCUT2D eigenvalue weighted by Gasteiger charge is -2.57. The molecule has 0 aromatic heterocycles. The van der Waals surface area contributed by atoms with Crippen molar-refractivity contribution in [3.8, 4) is 0 Å². The molecule has 4 heteroatoms. The van der Waals surface area contributed by atoms with E-state index >= 15 is 0 Å². The van der Waals surface area contributed by atoms with Gasteiger partial charge in [-0.1, -0.05) is 32.4 Å². The highest BCUT2D eigenvalue weighted by Crippen LogP contribution is 2.66. The molecule has 0 heterocycles. The van der Waals surface area contributed by atoms with Gasteiger partial charge in [0.2, 0.25) is 0 Å². The third kappa shape index (κ3) is 3.25. The summed E-state index contributed by atoms with van der Waals surface area (Å²) in [5.74, 6) is 2.18. The van der Waals surface area contributed by atoms with Crippen LogP contribution in [0.15, 0.2) is 11.6 Å². The van der Waals surface area contributed by atoms with Gasteiger partial charge in [0.15, 0.2) is 0 Å². The van der Waals surface area contributed by atoms with Gasteiger partial charge in [-0.3, -0.25) is 9.59 Å². The predicted molar refractivity (Wildman–Crippen MR) is 112 cm³/mol. The second-order valence-electron chi connectivity index (χ2n) is 10.8. The Bertz CT molecular complexity index is 712. The number of hydrogen-bond donors (Lipinski definition) is 0. The van der Waals surface area contributed by atoms with Gasteiger partial charge in [-0.25, -0.2) is 0 Å². The van der Waals surface area contributed by atoms with Crippen LogP contribution in [0.2, 0.25) is 0 Å². The molecule has 4 aliphatic rings. The standard InChI is InChI=1S/C25H38O4/c1-15(23(27)28-5)20-8-9-21-19-7-6-17-14-18(29-16(2)26)10-12-24(17,3)22(19)11-13-25(20,21)4/h11,15,17-21H,6-10,12-14H2,1-5H3/t15-,17+,18+,19?,20?,21?,24-,25+/m0/s1. The third-order valence-corrected chi connectivity index (χ3v) is 9.56. The molecule has 0 bridgehead atoms. The van der Waals surface area contributed by atoms with E-state index in [9.17, 15) is 9.59 Å². The zero-order valence-corrected chi connectivity index (χ0v) is 18.8. The molecular weight excluding hydrogens is 364 g/mol. The van der Waals surface area contributed by atoms with Gasteiger partial charge in [0.1, 0.15) is 6.10 Å². The molecule has 4 rings (SSSR count). The Balaban J connectivity index is 1.57. The van der Waals surface area contributed by atoms with Crippen molar-refractivity contribution in [1.82, 2.24) is 0 Å². The smallest absolute Gasteiger partial charge is 0.308 e. The monoisotopic (exact) mass is 402 g/mol. The lowest BCUT2D eigenvalue weighted by atomic mass is 9.48. The fourth-order valence-corrected chi connectivity index (χ4v) is 8.04. The Morgan fingerprint density at radius 1 is 1.14 bits per heavy atom. The molecule has 3 fully saturated rings. The summed E-state index contributed by atoms with van der Waals surface area (Å²) in [6.45, 7) is 8.51. The van der Waals surface area contributed by atoms with Crippen LogP contribution in [0.3, 0.4) is 0 Å². The highest BCUT2D eigenvalue weighted by atomic mass is 16.5. The van der Waals surface area contributed by atoms with Crippen molar-refractivity contribution in [2.45, 2.75) is 85.2 Å². The first-order chi connectivity index (χ1) is 13.7. The van der Waals surface area contributed by atoms with Crippen molar-refractivity contribution in [3.05, 3.63) is 11.6 Å². The Morgan fingerprint density at radius 2 is 1.90 bits per heavy atom. The third-order valence-electron chi connectivity index (χ3n) is 9.56. The van der Waals surface area contributed by atoms with E-state index < -0.39 is 0 Å². The Morgan fingerprint density at radius 3 is 2.59 bits per heavy atom. The largest absolute Gasteiger partial charge is 0.469 e. The maximum atomic E-state index is 12.3. The van der Waals surface area contributed by atoms with E-state index in [0.717, 1.165) is 32.1 Å². The van der Waals surface area contributed by atoms with E-state index in [-0.39, 0.29) is 34.8 Å². The lowest BCUT2D eigenvalue weighted by Crippen LogP contribution is -2.49. The van der Waals surface area contributed by atoms with Crippen LogP contribution >= 0.6 is 0 Å². The zero-order chi connectivity index (χ0) is 21.0. The van der Waals surface area contributed by atoms with Crippen LogP contribution in [-0.2, 0) is 19.1 Å². The number of hydrogen-bond acceptors (Lipinski definition) is 4. The summed E-state index contributed by atoms with van der Waals surface area (Å²) in [5.41, 5.74) is 2.16. The lowest BCUT2D eigenvalue weighted by molar-refractivity contribution is -0.151. The molecule has 29 heavy (non-hydrogen) atoms. The molecule has 3 unspecified atom stereocenters. The fraction of sp³-hybridized carbons (Fsp3) is 0.840. The summed E-state index contributed by atoms with van der Waals surface area (Å²) in [7, 11) is 1.51. The van der Waals surface area contributed by atoms with Crippen LogP contribution < -0.4 is 0 Å². The van der Waals surface area contributed by atoms with Gasteiger partial charge in [-0.2, -0.15) is 0 Å². The molecule has 0 aromatic carbocycles. The summed E-state index contributed by atoms with van der Waals surface area (Å²) in [6, 6.07) is 0. The summed E-state index contributed by atoms with van der Waals surface area (Å²) in [6.07, 6.45) is 11.8. The molecule has 0 amide bonds. The fourth-order valence-electron chi connectivity index (χ4n) is 8.04. The van der Waals surface area contributed by atoms with E-state index in [4.69, 9.17) is 9.47 Å². The van der Waals surface area contributed by atoms with E-state index in [2.05, 4.69) is 26.8 Å². The van der Waals surface area contributed by atoms with Gasteiger partial charge in [0, 0.05) is 6.92 Å². The molecule has 0 aromatic rings. The number of allylic oxidation sites excluding steroid dienone is 2. The average Bonchev–Trinajstić information content (AvgIpc) is 3.03. The molecule has 0 spiro atoms. The van der Waals surface area contributed by atoms with Crippen molar-refractivity contribution >= 4 is 11.9 Å². The van der Waals surface area contributed by atoms with E-state index in [1.807, 2.05) is 0 Å². The van der Waals surface area contributed by atoms with Gasteiger partial charge in [0.25, 0.3) is 0 Å². The van der Waals surface area contributed by atoms with E-state index in [0.29, 0.717) is 23.7 Å². The summed E-state index contributed by atoms with van der Waals surface area (Å²) in [4.78, 5) is 23.7. The topological polar surface area (TPSA) is 52.6 Å². The predicted octanol–water partition coefficient (Wildman–Crippen LogP) is 5.31. The molecule has 0 aliphatic heterocycles. The van der Waals surface area contributed by atoms with Gasteiger partial charge in [-0.05, 0) is 85.9 Å². The number of ether oxygens (including phenoxy) is 2. The molecule has 8 atom stereocenters. The number of carbonyl (C=O) groups excluding carboxylic acids is 2. The molecule has 0 N–H and O–H groups in total. The molecule has 0 saturated heterocycles. The molecule has 162 valence electrons. The maximum Gasteiger partial charge on any atom is 0.308 e. The van der Waals surface area contributed by atoms with E-state index in [1.165, 1.54) is 33.3 Å². The minimum Gasteiger partial charge on any atom is -0.469 e. The van der Waals surface area contributed by atoms with Crippen LogP contribution in [-0.4, -0.2) is 25.2 Å². The van der Waals surface area contributed by atoms with Gasteiger partial charge < -0.3 is 9.47 Å². The first-order valence-corrected chi connectivity index (χ1v) is 11.7. The first-order valence-electron chi connectivity index (χ1n) is 11.7. The average molecular weight is 403 g/mol. The van der Waals surface area contributed by atoms with Crippen LogP contribution in [0.1, 0.15) is 79.1 Å². The maximum absolute atomic E-state index is 12.3. The number of esters is 2. The van der Waals surface area contributed by atoms with Crippen LogP contribution in [0, 0.1) is 40.4 Å². The van der Waals surface area contributed by atoms with Crippen LogP contribution in [0.5, 0.6) is 0 Å². The number of rotatable bonds is 3. The van der Waals surface area contributed by atoms with Crippen molar-refractivity contribution in [3.63, 3.8) is 0 Å². The normalized spacial score (nSPS) is 44.6. The minimum absolute atomic E-state index is 0.0176. The second-order valence-corrected chi connectivity index (χ2v) is 10.8. The second kappa shape index (κ2) is 7.42. The summed E-state index contributed by atoms with van der Waals surface area (Å²) < 4.78 is 10.7. The van der Waals surface area contributed by atoms with Crippen molar-refractivity contribution in [1.29, 1.82) is 0 Å². The zero-order valence-electron chi connectivity index (χ0n) is 18.8. The quantitative estimate of drug-likeness (QED) is 0.474. The van der Waals surface area contributed by atoms with Gasteiger partial charge in [-0.15, -0.1) is 0 Å². The van der Waals surface area contributed by atoms with Crippen LogP contribution in [0.4, 0.5) is 0 Å². The summed E-state index contributed by atoms with van der Waals surface area (Å²) >= 11 is 0. The molecule has 3 saturated carbocycles. The van der Waals surface area contributed by atoms with Crippen molar-refractivity contribution < 1.29 is 19.1 Å². The highest BCUT2D eigenvalue weighted by molar-refractivity contribution is 5.72. The van der Waals surface area contributed by atoms with Gasteiger partial charge in [0.05, 0.1) is 13.0 Å². The molecule has 4 nitrogen and oxygen atoms in total. The van der Waals surface area contributed by atoms with Crippen molar-refractivity contribution in [2.75, 3.05) is 7.11 Å².